The van der Waals surface area contributed by atoms with Crippen LogP contribution in [0.5, 0.6) is 0 Å². The van der Waals surface area contributed by atoms with Gasteiger partial charge in [0.05, 0.1) is 6.54 Å². The zero-order valence-electron chi connectivity index (χ0n) is 8.20. The van der Waals surface area contributed by atoms with Crippen LogP contribution >= 0.6 is 27.3 Å². The topological polar surface area (TPSA) is 53.6 Å². The minimum Gasteiger partial charge on any atom is -0.302 e. The smallest absolute Gasteiger partial charge is 0.138 e. The summed E-state index contributed by atoms with van der Waals surface area (Å²) < 4.78 is 1.14. The fraction of sp³-hybridized carbons (Fsp3) is 0.333. The van der Waals surface area contributed by atoms with Gasteiger partial charge in [0.15, 0.2) is 0 Å². The molecule has 80 valence electrons. The van der Waals surface area contributed by atoms with E-state index in [1.807, 2.05) is 0 Å². The lowest BCUT2D eigenvalue weighted by molar-refractivity contribution is 0.567. The number of hydrogen-bond acceptors (Lipinski definition) is 4. The number of aromatic amines is 1. The summed E-state index contributed by atoms with van der Waals surface area (Å²) in [6.45, 7) is 2.84. The van der Waals surface area contributed by atoms with Crippen molar-refractivity contribution in [3.8, 4) is 0 Å². The number of nitrogens with one attached hydrogen (secondary N) is 2. The van der Waals surface area contributed by atoms with Crippen LogP contribution in [0.3, 0.4) is 0 Å². The van der Waals surface area contributed by atoms with Crippen LogP contribution in [0.25, 0.3) is 0 Å². The molecule has 0 aliphatic carbocycles. The van der Waals surface area contributed by atoms with Crippen molar-refractivity contribution in [2.75, 3.05) is 0 Å². The Morgan fingerprint density at radius 3 is 3.13 bits per heavy atom. The summed E-state index contributed by atoms with van der Waals surface area (Å²) in [6, 6.07) is 2.45. The number of hydrogen-bond donors (Lipinski definition) is 2. The normalized spacial score (nSPS) is 12.9. The summed E-state index contributed by atoms with van der Waals surface area (Å²) in [6.07, 6.45) is 1.52. The first kappa shape index (κ1) is 10.8. The van der Waals surface area contributed by atoms with Crippen molar-refractivity contribution >= 4 is 27.3 Å². The van der Waals surface area contributed by atoms with E-state index >= 15 is 0 Å². The molecule has 0 radical (unpaired) electrons. The molecule has 2 heterocycles. The zero-order chi connectivity index (χ0) is 10.7. The van der Waals surface area contributed by atoms with Gasteiger partial charge in [-0.2, -0.15) is 5.10 Å². The van der Waals surface area contributed by atoms with E-state index in [9.17, 15) is 0 Å². The Hall–Kier alpha value is -0.720. The minimum atomic E-state index is 0.325. The number of halogens is 1. The van der Waals surface area contributed by atoms with E-state index in [-0.39, 0.29) is 0 Å². The van der Waals surface area contributed by atoms with Crippen molar-refractivity contribution in [2.45, 2.75) is 19.5 Å². The van der Waals surface area contributed by atoms with Gasteiger partial charge in [0, 0.05) is 20.8 Å². The summed E-state index contributed by atoms with van der Waals surface area (Å²) in [5, 5.41) is 12.1. The molecular formula is C9H11BrN4S. The Bertz CT molecular complexity index is 411. The van der Waals surface area contributed by atoms with Crippen LogP contribution in [0.15, 0.2) is 22.2 Å². The molecule has 0 saturated heterocycles. The van der Waals surface area contributed by atoms with Crippen LogP contribution in [0.1, 0.15) is 23.7 Å². The van der Waals surface area contributed by atoms with E-state index in [4.69, 9.17) is 0 Å². The highest BCUT2D eigenvalue weighted by Gasteiger charge is 2.07. The predicted octanol–water partition coefficient (Wildman–Crippen LogP) is 2.48. The molecule has 2 aromatic rings. The van der Waals surface area contributed by atoms with Gasteiger partial charge < -0.3 is 5.32 Å². The Balaban J connectivity index is 1.90. The molecule has 2 N–H and O–H groups in total. The summed E-state index contributed by atoms with van der Waals surface area (Å²) >= 11 is 5.18. The highest BCUT2D eigenvalue weighted by Crippen LogP contribution is 2.25. The SMILES string of the molecule is CC(NCc1ncn[nH]1)c1cc(Br)cs1. The van der Waals surface area contributed by atoms with Crippen LogP contribution in [-0.2, 0) is 6.54 Å². The maximum Gasteiger partial charge on any atom is 0.138 e. The fourth-order valence-corrected chi connectivity index (χ4v) is 2.70. The summed E-state index contributed by atoms with van der Waals surface area (Å²) in [4.78, 5) is 5.36. The molecule has 4 nitrogen and oxygen atoms in total. The minimum absolute atomic E-state index is 0.325. The highest BCUT2D eigenvalue weighted by molar-refractivity contribution is 9.10. The van der Waals surface area contributed by atoms with E-state index < -0.39 is 0 Å². The van der Waals surface area contributed by atoms with Gasteiger partial charge in [0.25, 0.3) is 0 Å². The molecule has 0 fully saturated rings. The Labute approximate surface area is 100 Å². The lowest BCUT2D eigenvalue weighted by Crippen LogP contribution is -2.17. The van der Waals surface area contributed by atoms with Gasteiger partial charge >= 0.3 is 0 Å². The van der Waals surface area contributed by atoms with E-state index in [2.05, 4.69) is 54.8 Å². The molecule has 0 aromatic carbocycles. The van der Waals surface area contributed by atoms with Gasteiger partial charge in [0.2, 0.25) is 0 Å². The number of H-pyrrole nitrogens is 1. The molecule has 0 amide bonds. The summed E-state index contributed by atoms with van der Waals surface area (Å²) in [7, 11) is 0. The monoisotopic (exact) mass is 286 g/mol. The van der Waals surface area contributed by atoms with Crippen molar-refractivity contribution in [3.05, 3.63) is 32.9 Å². The zero-order valence-corrected chi connectivity index (χ0v) is 10.6. The summed E-state index contributed by atoms with van der Waals surface area (Å²) in [5.74, 6) is 0.859. The first-order chi connectivity index (χ1) is 7.25. The van der Waals surface area contributed by atoms with Crippen LogP contribution in [-0.4, -0.2) is 15.2 Å². The Morgan fingerprint density at radius 1 is 1.67 bits per heavy atom. The van der Waals surface area contributed by atoms with E-state index in [1.165, 1.54) is 11.2 Å². The molecule has 2 aromatic heterocycles. The fourth-order valence-electron chi connectivity index (χ4n) is 1.22. The van der Waals surface area contributed by atoms with E-state index in [0.29, 0.717) is 12.6 Å². The van der Waals surface area contributed by atoms with Crippen LogP contribution in [0.4, 0.5) is 0 Å². The second-order valence-corrected chi connectivity index (χ2v) is 5.06. The molecule has 1 unspecified atom stereocenters. The van der Waals surface area contributed by atoms with Gasteiger partial charge in [0.1, 0.15) is 12.2 Å². The van der Waals surface area contributed by atoms with Crippen LogP contribution < -0.4 is 5.32 Å². The van der Waals surface area contributed by atoms with Crippen LogP contribution in [0.2, 0.25) is 0 Å². The van der Waals surface area contributed by atoms with Gasteiger partial charge in [-0.25, -0.2) is 4.98 Å². The molecule has 2 rings (SSSR count). The maximum atomic E-state index is 4.05. The van der Waals surface area contributed by atoms with Crippen molar-refractivity contribution < 1.29 is 0 Å². The van der Waals surface area contributed by atoms with Crippen molar-refractivity contribution in [1.82, 2.24) is 20.5 Å². The quantitative estimate of drug-likeness (QED) is 0.908. The number of aromatic nitrogens is 3. The third-order valence-corrected chi connectivity index (χ3v) is 3.93. The van der Waals surface area contributed by atoms with E-state index in [0.717, 1.165) is 10.3 Å². The van der Waals surface area contributed by atoms with Crippen LogP contribution in [0, 0.1) is 0 Å². The van der Waals surface area contributed by atoms with Gasteiger partial charge in [-0.1, -0.05) is 0 Å². The first-order valence-electron chi connectivity index (χ1n) is 4.57. The van der Waals surface area contributed by atoms with Crippen molar-refractivity contribution in [2.24, 2.45) is 0 Å². The van der Waals surface area contributed by atoms with Crippen molar-refractivity contribution in [3.63, 3.8) is 0 Å². The molecule has 6 heteroatoms. The largest absolute Gasteiger partial charge is 0.302 e. The maximum absolute atomic E-state index is 4.05. The molecule has 0 aliphatic rings. The molecule has 0 bridgehead atoms. The Kier molecular flexibility index (Phi) is 3.50. The van der Waals surface area contributed by atoms with Gasteiger partial charge in [-0.05, 0) is 28.9 Å². The lowest BCUT2D eigenvalue weighted by Gasteiger charge is -2.09. The third kappa shape index (κ3) is 2.87. The van der Waals surface area contributed by atoms with Gasteiger partial charge in [-0.3, -0.25) is 5.10 Å². The Morgan fingerprint density at radius 2 is 2.53 bits per heavy atom. The predicted molar refractivity (Wildman–Crippen MR) is 63.7 cm³/mol. The highest BCUT2D eigenvalue weighted by atomic mass is 79.9. The molecule has 15 heavy (non-hydrogen) atoms. The average Bonchev–Trinajstić information content (AvgIpc) is 2.84. The number of thiophene rings is 1. The third-order valence-electron chi connectivity index (χ3n) is 2.06. The van der Waals surface area contributed by atoms with Gasteiger partial charge in [-0.15, -0.1) is 11.3 Å². The lowest BCUT2D eigenvalue weighted by atomic mass is 10.3. The average molecular weight is 287 g/mol. The van der Waals surface area contributed by atoms with Crippen molar-refractivity contribution in [1.29, 1.82) is 0 Å². The standard InChI is InChI=1S/C9H11BrN4S/c1-6(8-2-7(10)4-15-8)11-3-9-12-5-13-14-9/h2,4-6,11H,3H2,1H3,(H,12,13,14). The second-order valence-electron chi connectivity index (χ2n) is 3.20. The van der Waals surface area contributed by atoms with E-state index in [1.54, 1.807) is 11.3 Å². The molecule has 0 saturated carbocycles. The molecule has 0 spiro atoms. The molecule has 1 atom stereocenters. The first-order valence-corrected chi connectivity index (χ1v) is 6.24. The molecular weight excluding hydrogens is 276 g/mol. The number of rotatable bonds is 4. The number of nitrogens with zero attached hydrogens (tertiary/aromatic N) is 2. The molecule has 0 aliphatic heterocycles. The summed E-state index contributed by atoms with van der Waals surface area (Å²) in [5.41, 5.74) is 0. The second kappa shape index (κ2) is 4.87.